The van der Waals surface area contributed by atoms with E-state index in [1.165, 1.54) is 0 Å². The highest BCUT2D eigenvalue weighted by Crippen LogP contribution is 2.35. The number of amides is 1. The highest BCUT2D eigenvalue weighted by atomic mass is 16.3. The fourth-order valence-corrected chi connectivity index (χ4v) is 3.25. The molecule has 1 aromatic heterocycles. The molecule has 134 valence electrons. The number of hydrogen-bond donors (Lipinski definition) is 2. The molecule has 1 aromatic carbocycles. The Morgan fingerprint density at radius 3 is 2.68 bits per heavy atom. The molecule has 1 aliphatic rings. The van der Waals surface area contributed by atoms with E-state index in [1.54, 1.807) is 4.68 Å². The van der Waals surface area contributed by atoms with Gasteiger partial charge < -0.3 is 10.4 Å². The molecule has 25 heavy (non-hydrogen) atoms. The predicted molar refractivity (Wildman–Crippen MR) is 97.0 cm³/mol. The number of aryl methyl sites for hydroxylation is 2. The Balaban J connectivity index is 1.69. The van der Waals surface area contributed by atoms with Gasteiger partial charge in [0.2, 0.25) is 5.91 Å². The smallest absolute Gasteiger partial charge is 0.239 e. The Hall–Kier alpha value is -2.18. The lowest BCUT2D eigenvalue weighted by atomic mass is 10.1. The summed E-state index contributed by atoms with van der Waals surface area (Å²) in [6.45, 7) is 2.88. The van der Waals surface area contributed by atoms with Crippen molar-refractivity contribution < 1.29 is 9.90 Å². The third-order valence-corrected chi connectivity index (χ3v) is 4.67. The second-order valence-electron chi connectivity index (χ2n) is 6.82. The second-order valence-corrected chi connectivity index (χ2v) is 6.82. The molecule has 1 atom stereocenters. The summed E-state index contributed by atoms with van der Waals surface area (Å²) >= 11 is 0. The average Bonchev–Trinajstić information content (AvgIpc) is 3.35. The van der Waals surface area contributed by atoms with Gasteiger partial charge in [-0.3, -0.25) is 14.4 Å². The molecule has 1 heterocycles. The number of aliphatic hydroxyl groups is 1. The fourth-order valence-electron chi connectivity index (χ4n) is 3.25. The van der Waals surface area contributed by atoms with Crippen molar-refractivity contribution in [2.24, 2.45) is 13.0 Å². The van der Waals surface area contributed by atoms with E-state index in [1.807, 2.05) is 38.2 Å². The van der Waals surface area contributed by atoms with Crippen molar-refractivity contribution in [3.05, 3.63) is 47.7 Å². The predicted octanol–water partition coefficient (Wildman–Crippen LogP) is 1.94. The minimum atomic E-state index is -0.0852. The minimum absolute atomic E-state index is 0.0271. The Morgan fingerprint density at radius 2 is 2.12 bits per heavy atom. The zero-order chi connectivity index (χ0) is 17.8. The quantitative estimate of drug-likeness (QED) is 0.769. The maximum Gasteiger partial charge on any atom is 0.239 e. The first-order valence-corrected chi connectivity index (χ1v) is 8.76. The van der Waals surface area contributed by atoms with Crippen LogP contribution in [-0.4, -0.2) is 44.9 Å². The number of carbonyl (C=O) groups is 1. The van der Waals surface area contributed by atoms with Crippen LogP contribution in [-0.2, 0) is 18.4 Å². The third-order valence-electron chi connectivity index (χ3n) is 4.67. The SMILES string of the molecule is Cc1cc(NC(=O)CN(Cc2ccccc2)C(CO)C2CC2)n(C)n1. The summed E-state index contributed by atoms with van der Waals surface area (Å²) in [4.78, 5) is 14.7. The molecule has 0 spiro atoms. The van der Waals surface area contributed by atoms with Crippen molar-refractivity contribution in [2.45, 2.75) is 32.4 Å². The number of aromatic nitrogens is 2. The number of benzene rings is 1. The molecular formula is C19H26N4O2. The standard InChI is InChI=1S/C19H26N4O2/c1-14-10-18(22(2)21-14)20-19(25)12-23(17(13-24)16-8-9-16)11-15-6-4-3-5-7-15/h3-7,10,16-17,24H,8-9,11-13H2,1-2H3,(H,20,25). The first kappa shape index (κ1) is 17.6. The lowest BCUT2D eigenvalue weighted by molar-refractivity contribution is -0.118. The molecule has 0 bridgehead atoms. The Morgan fingerprint density at radius 1 is 1.40 bits per heavy atom. The average molecular weight is 342 g/mol. The van der Waals surface area contributed by atoms with Crippen molar-refractivity contribution in [3.8, 4) is 0 Å². The Bertz CT molecular complexity index is 709. The molecule has 0 saturated heterocycles. The maximum absolute atomic E-state index is 12.6. The summed E-state index contributed by atoms with van der Waals surface area (Å²) in [5.41, 5.74) is 2.01. The van der Waals surface area contributed by atoms with E-state index >= 15 is 0 Å². The Kier molecular flexibility index (Phi) is 5.50. The van der Waals surface area contributed by atoms with Crippen molar-refractivity contribution >= 4 is 11.7 Å². The summed E-state index contributed by atoms with van der Waals surface area (Å²) < 4.78 is 1.67. The molecule has 0 aliphatic heterocycles. The topological polar surface area (TPSA) is 70.4 Å². The van der Waals surface area contributed by atoms with Crippen molar-refractivity contribution in [2.75, 3.05) is 18.5 Å². The Labute approximate surface area is 148 Å². The second kappa shape index (κ2) is 7.80. The van der Waals surface area contributed by atoms with Gasteiger partial charge in [-0.05, 0) is 31.2 Å². The van der Waals surface area contributed by atoms with Gasteiger partial charge in [-0.2, -0.15) is 5.10 Å². The zero-order valence-electron chi connectivity index (χ0n) is 14.9. The molecule has 3 rings (SSSR count). The summed E-state index contributed by atoms with van der Waals surface area (Å²) in [6.07, 6.45) is 2.25. The van der Waals surface area contributed by atoms with E-state index in [-0.39, 0.29) is 25.1 Å². The summed E-state index contributed by atoms with van der Waals surface area (Å²) in [5.74, 6) is 1.09. The number of aliphatic hydroxyl groups excluding tert-OH is 1. The summed E-state index contributed by atoms with van der Waals surface area (Å²) in [7, 11) is 1.81. The molecule has 1 aliphatic carbocycles. The molecule has 2 N–H and O–H groups in total. The lowest BCUT2D eigenvalue weighted by Gasteiger charge is -2.30. The van der Waals surface area contributed by atoms with Gasteiger partial charge in [-0.25, -0.2) is 0 Å². The molecule has 1 fully saturated rings. The van der Waals surface area contributed by atoms with Gasteiger partial charge in [0.25, 0.3) is 0 Å². The van der Waals surface area contributed by atoms with E-state index in [2.05, 4.69) is 27.4 Å². The van der Waals surface area contributed by atoms with Crippen LogP contribution in [0.2, 0.25) is 0 Å². The van der Waals surface area contributed by atoms with Gasteiger partial charge in [-0.15, -0.1) is 0 Å². The molecule has 2 aromatic rings. The van der Waals surface area contributed by atoms with Crippen LogP contribution in [0.1, 0.15) is 24.1 Å². The summed E-state index contributed by atoms with van der Waals surface area (Å²) in [6, 6.07) is 12.0. The molecular weight excluding hydrogens is 316 g/mol. The molecule has 0 radical (unpaired) electrons. The minimum Gasteiger partial charge on any atom is -0.395 e. The molecule has 6 nitrogen and oxygen atoms in total. The zero-order valence-corrected chi connectivity index (χ0v) is 14.9. The monoisotopic (exact) mass is 342 g/mol. The van der Waals surface area contributed by atoms with Crippen molar-refractivity contribution in [3.63, 3.8) is 0 Å². The van der Waals surface area contributed by atoms with Crippen LogP contribution in [0.3, 0.4) is 0 Å². The van der Waals surface area contributed by atoms with E-state index in [0.29, 0.717) is 18.3 Å². The largest absolute Gasteiger partial charge is 0.395 e. The van der Waals surface area contributed by atoms with Gasteiger partial charge in [0.15, 0.2) is 0 Å². The van der Waals surface area contributed by atoms with Crippen LogP contribution in [0.4, 0.5) is 5.82 Å². The first-order chi connectivity index (χ1) is 12.1. The van der Waals surface area contributed by atoms with E-state index < -0.39 is 0 Å². The van der Waals surface area contributed by atoms with Crippen LogP contribution in [0.25, 0.3) is 0 Å². The highest BCUT2D eigenvalue weighted by molar-refractivity contribution is 5.91. The normalized spacial score (nSPS) is 15.4. The maximum atomic E-state index is 12.6. The highest BCUT2D eigenvalue weighted by Gasteiger charge is 2.35. The lowest BCUT2D eigenvalue weighted by Crippen LogP contribution is -2.43. The van der Waals surface area contributed by atoms with Crippen LogP contribution >= 0.6 is 0 Å². The van der Waals surface area contributed by atoms with Gasteiger partial charge in [0, 0.05) is 25.7 Å². The van der Waals surface area contributed by atoms with Gasteiger partial charge in [0.1, 0.15) is 5.82 Å². The van der Waals surface area contributed by atoms with E-state index in [0.717, 1.165) is 24.1 Å². The molecule has 1 amide bonds. The third kappa shape index (κ3) is 4.67. The number of rotatable bonds is 8. The van der Waals surface area contributed by atoms with Gasteiger partial charge in [0.05, 0.1) is 18.8 Å². The van der Waals surface area contributed by atoms with Gasteiger partial charge in [-0.1, -0.05) is 30.3 Å². The number of nitrogens with zero attached hydrogens (tertiary/aromatic N) is 3. The number of hydrogen-bond acceptors (Lipinski definition) is 4. The van der Waals surface area contributed by atoms with Gasteiger partial charge >= 0.3 is 0 Å². The fraction of sp³-hybridized carbons (Fsp3) is 0.474. The number of carbonyl (C=O) groups excluding carboxylic acids is 1. The van der Waals surface area contributed by atoms with Crippen LogP contribution < -0.4 is 5.32 Å². The van der Waals surface area contributed by atoms with Crippen molar-refractivity contribution in [1.29, 1.82) is 0 Å². The van der Waals surface area contributed by atoms with Crippen LogP contribution in [0, 0.1) is 12.8 Å². The van der Waals surface area contributed by atoms with E-state index in [4.69, 9.17) is 0 Å². The molecule has 1 unspecified atom stereocenters. The number of nitrogens with one attached hydrogen (secondary N) is 1. The van der Waals surface area contributed by atoms with Crippen LogP contribution in [0.5, 0.6) is 0 Å². The molecule has 1 saturated carbocycles. The van der Waals surface area contributed by atoms with Crippen LogP contribution in [0.15, 0.2) is 36.4 Å². The molecule has 6 heteroatoms. The van der Waals surface area contributed by atoms with Crippen molar-refractivity contribution in [1.82, 2.24) is 14.7 Å². The van der Waals surface area contributed by atoms with E-state index in [9.17, 15) is 9.90 Å². The first-order valence-electron chi connectivity index (χ1n) is 8.76. The number of anilines is 1. The summed E-state index contributed by atoms with van der Waals surface area (Å²) in [5, 5.41) is 17.0.